The molecule has 1 fully saturated rings. The van der Waals surface area contributed by atoms with Crippen molar-refractivity contribution >= 4 is 17.4 Å². The van der Waals surface area contributed by atoms with Crippen LogP contribution in [-0.2, 0) is 6.42 Å². The molecule has 0 bridgehead atoms. The maximum Gasteiger partial charge on any atom is 0.324 e. The smallest absolute Gasteiger partial charge is 0.324 e. The number of nitro groups is 1. The molecule has 2 aromatic carbocycles. The first-order valence-corrected chi connectivity index (χ1v) is 10.3. The number of hydrogen-bond acceptors (Lipinski definition) is 5. The highest BCUT2D eigenvalue weighted by Gasteiger charge is 2.27. The van der Waals surface area contributed by atoms with Crippen molar-refractivity contribution in [1.29, 1.82) is 0 Å². The fourth-order valence-corrected chi connectivity index (χ4v) is 4.85. The van der Waals surface area contributed by atoms with Crippen molar-refractivity contribution in [1.82, 2.24) is 4.90 Å². The summed E-state index contributed by atoms with van der Waals surface area (Å²) in [4.78, 5) is 14.1. The van der Waals surface area contributed by atoms with Crippen molar-refractivity contribution in [2.45, 2.75) is 36.5 Å². The van der Waals surface area contributed by atoms with Crippen molar-refractivity contribution in [2.75, 3.05) is 20.2 Å². The number of methoxy groups -OCH3 is 1. The first-order valence-electron chi connectivity index (χ1n) is 9.44. The van der Waals surface area contributed by atoms with Crippen LogP contribution in [0.2, 0.25) is 0 Å². The van der Waals surface area contributed by atoms with E-state index in [4.69, 9.17) is 4.74 Å². The Morgan fingerprint density at radius 2 is 1.93 bits per heavy atom. The van der Waals surface area contributed by atoms with E-state index in [0.717, 1.165) is 32.4 Å². The van der Waals surface area contributed by atoms with E-state index in [9.17, 15) is 14.5 Å². The Kier molecular flexibility index (Phi) is 6.91. The maximum atomic E-state index is 13.1. The summed E-state index contributed by atoms with van der Waals surface area (Å²) in [6.45, 7) is 4.00. The molecule has 0 aliphatic carbocycles. The lowest BCUT2D eigenvalue weighted by atomic mass is 9.90. The molecule has 3 rings (SSSR count). The molecule has 1 atom stereocenters. The number of hydrogen-bond donors (Lipinski definition) is 0. The zero-order valence-corrected chi connectivity index (χ0v) is 17.0. The van der Waals surface area contributed by atoms with Crippen molar-refractivity contribution in [3.63, 3.8) is 0 Å². The molecular formula is C21H25FN2O3S. The van der Waals surface area contributed by atoms with Crippen LogP contribution in [0.5, 0.6) is 5.75 Å². The number of para-hydroxylation sites is 1. The number of nitro benzene ring substituents is 1. The van der Waals surface area contributed by atoms with E-state index in [1.54, 1.807) is 18.2 Å². The third-order valence-corrected chi connectivity index (χ3v) is 6.49. The highest BCUT2D eigenvalue weighted by molar-refractivity contribution is 8.00. The first-order chi connectivity index (χ1) is 13.5. The van der Waals surface area contributed by atoms with E-state index in [1.807, 2.05) is 12.1 Å². The Balaban J connectivity index is 1.58. The van der Waals surface area contributed by atoms with Crippen LogP contribution in [0.15, 0.2) is 47.4 Å². The summed E-state index contributed by atoms with van der Waals surface area (Å²) in [7, 11) is 1.45. The monoisotopic (exact) mass is 404 g/mol. The van der Waals surface area contributed by atoms with Crippen LogP contribution in [0.1, 0.15) is 25.3 Å². The second kappa shape index (κ2) is 9.39. The molecule has 0 N–H and O–H groups in total. The van der Waals surface area contributed by atoms with Crippen LogP contribution < -0.4 is 4.74 Å². The van der Waals surface area contributed by atoms with E-state index in [0.29, 0.717) is 16.6 Å². The second-order valence-electron chi connectivity index (χ2n) is 7.09. The SMILES string of the molecule is COc1cccc(SC(C)N2CCC(Cc3ccc(F)cc3)CC2)c1[N+](=O)[O-]. The van der Waals surface area contributed by atoms with Gasteiger partial charge in [-0.2, -0.15) is 0 Å². The molecule has 0 saturated carbocycles. The van der Waals surface area contributed by atoms with Gasteiger partial charge in [-0.3, -0.25) is 15.0 Å². The lowest BCUT2D eigenvalue weighted by Gasteiger charge is -2.35. The number of benzene rings is 2. The Morgan fingerprint density at radius 3 is 2.54 bits per heavy atom. The summed E-state index contributed by atoms with van der Waals surface area (Å²) in [5, 5.41) is 11.6. The molecule has 1 heterocycles. The molecule has 0 spiro atoms. The number of piperidine rings is 1. The van der Waals surface area contributed by atoms with Crippen LogP contribution >= 0.6 is 11.8 Å². The number of nitrogens with zero attached hydrogens (tertiary/aromatic N) is 2. The van der Waals surface area contributed by atoms with Crippen LogP contribution in [0, 0.1) is 21.8 Å². The Morgan fingerprint density at radius 1 is 1.25 bits per heavy atom. The summed E-state index contributed by atoms with van der Waals surface area (Å²) in [6.07, 6.45) is 3.11. The van der Waals surface area contributed by atoms with Gasteiger partial charge >= 0.3 is 5.69 Å². The summed E-state index contributed by atoms with van der Waals surface area (Å²) < 4.78 is 18.2. The molecule has 0 radical (unpaired) electrons. The van der Waals surface area contributed by atoms with Crippen molar-refractivity contribution < 1.29 is 14.1 Å². The van der Waals surface area contributed by atoms with Crippen molar-refractivity contribution in [3.05, 3.63) is 64.0 Å². The summed E-state index contributed by atoms with van der Waals surface area (Å²) in [6, 6.07) is 11.9. The van der Waals surface area contributed by atoms with E-state index < -0.39 is 0 Å². The quantitative estimate of drug-likeness (QED) is 0.364. The largest absolute Gasteiger partial charge is 0.490 e. The summed E-state index contributed by atoms with van der Waals surface area (Å²) >= 11 is 1.50. The third kappa shape index (κ3) is 5.02. The average Bonchev–Trinajstić information content (AvgIpc) is 2.69. The fourth-order valence-electron chi connectivity index (χ4n) is 3.67. The van der Waals surface area contributed by atoms with Gasteiger partial charge in [-0.15, -0.1) is 11.8 Å². The zero-order chi connectivity index (χ0) is 20.1. The number of halogens is 1. The minimum absolute atomic E-state index is 0.0352. The van der Waals surface area contributed by atoms with Crippen LogP contribution in [0.3, 0.4) is 0 Å². The Bertz CT molecular complexity index is 808. The van der Waals surface area contributed by atoms with E-state index in [1.165, 1.54) is 36.6 Å². The second-order valence-corrected chi connectivity index (χ2v) is 8.45. The fraction of sp³-hybridized carbons (Fsp3) is 0.429. The van der Waals surface area contributed by atoms with Gasteiger partial charge in [0.25, 0.3) is 0 Å². The van der Waals surface area contributed by atoms with Gasteiger partial charge in [0.05, 0.1) is 22.3 Å². The van der Waals surface area contributed by atoms with Crippen molar-refractivity contribution in [3.8, 4) is 5.75 Å². The first kappa shape index (κ1) is 20.6. The summed E-state index contributed by atoms with van der Waals surface area (Å²) in [5.41, 5.74) is 1.21. The molecule has 5 nitrogen and oxygen atoms in total. The highest BCUT2D eigenvalue weighted by Crippen LogP contribution is 2.40. The van der Waals surface area contributed by atoms with Gasteiger partial charge in [0.2, 0.25) is 0 Å². The van der Waals surface area contributed by atoms with Crippen LogP contribution in [0.4, 0.5) is 10.1 Å². The molecule has 1 aliphatic rings. The molecule has 1 aliphatic heterocycles. The predicted molar refractivity (Wildman–Crippen MR) is 109 cm³/mol. The van der Waals surface area contributed by atoms with E-state index in [-0.39, 0.29) is 21.8 Å². The Hall–Kier alpha value is -2.12. The van der Waals surface area contributed by atoms with Gasteiger partial charge in [0.15, 0.2) is 5.75 Å². The average molecular weight is 405 g/mol. The number of rotatable bonds is 7. The predicted octanol–water partition coefficient (Wildman–Crippen LogP) is 5.14. The van der Waals surface area contributed by atoms with Gasteiger partial charge in [-0.25, -0.2) is 4.39 Å². The Labute approximate surface area is 169 Å². The standard InChI is InChI=1S/C21H25FN2O3S/c1-15(28-20-5-3-4-19(27-2)21(20)24(25)26)23-12-10-17(11-13-23)14-16-6-8-18(22)9-7-16/h3-9,15,17H,10-14H2,1-2H3. The minimum atomic E-state index is -0.372. The lowest BCUT2D eigenvalue weighted by Crippen LogP contribution is -2.38. The van der Waals surface area contributed by atoms with E-state index >= 15 is 0 Å². The highest BCUT2D eigenvalue weighted by atomic mass is 32.2. The maximum absolute atomic E-state index is 13.1. The molecule has 0 aromatic heterocycles. The van der Waals surface area contributed by atoms with Gasteiger partial charge in [-0.1, -0.05) is 18.2 Å². The minimum Gasteiger partial charge on any atom is -0.490 e. The third-order valence-electron chi connectivity index (χ3n) is 5.26. The van der Waals surface area contributed by atoms with Gasteiger partial charge in [0.1, 0.15) is 5.82 Å². The van der Waals surface area contributed by atoms with Crippen molar-refractivity contribution in [2.24, 2.45) is 5.92 Å². The van der Waals surface area contributed by atoms with Crippen LogP contribution in [-0.4, -0.2) is 35.4 Å². The molecule has 1 unspecified atom stereocenters. The van der Waals surface area contributed by atoms with Gasteiger partial charge < -0.3 is 4.74 Å². The van der Waals surface area contributed by atoms with Crippen LogP contribution in [0.25, 0.3) is 0 Å². The molecular weight excluding hydrogens is 379 g/mol. The molecule has 150 valence electrons. The normalized spacial score (nSPS) is 16.7. The van der Waals surface area contributed by atoms with Gasteiger partial charge in [-0.05, 0) is 75.0 Å². The molecule has 7 heteroatoms. The summed E-state index contributed by atoms with van der Waals surface area (Å²) in [5.74, 6) is 0.682. The van der Waals surface area contributed by atoms with Gasteiger partial charge in [0, 0.05) is 0 Å². The van der Waals surface area contributed by atoms with E-state index in [2.05, 4.69) is 11.8 Å². The molecule has 28 heavy (non-hydrogen) atoms. The molecule has 1 saturated heterocycles. The number of likely N-dealkylation sites (tertiary alicyclic amines) is 1. The topological polar surface area (TPSA) is 55.6 Å². The lowest BCUT2D eigenvalue weighted by molar-refractivity contribution is -0.388. The number of thioether (sulfide) groups is 1. The number of ether oxygens (including phenoxy) is 1. The molecule has 0 amide bonds. The zero-order valence-electron chi connectivity index (χ0n) is 16.1. The molecule has 2 aromatic rings.